The minimum atomic E-state index is -3.75. The molecule has 0 bridgehead atoms. The van der Waals surface area contributed by atoms with E-state index in [1.54, 1.807) is 11.0 Å². The Morgan fingerprint density at radius 2 is 1.79 bits per heavy atom. The highest BCUT2D eigenvalue weighted by Crippen LogP contribution is 2.27. The number of benzene rings is 2. The first-order valence-electron chi connectivity index (χ1n) is 9.19. The van der Waals surface area contributed by atoms with Gasteiger partial charge in [-0.05, 0) is 49.9 Å². The summed E-state index contributed by atoms with van der Waals surface area (Å²) in [6, 6.07) is 10.2. The van der Waals surface area contributed by atoms with Crippen molar-refractivity contribution in [3.63, 3.8) is 0 Å². The minimum absolute atomic E-state index is 0.0541. The molecule has 0 spiro atoms. The molecule has 1 saturated heterocycles. The molecule has 0 saturated carbocycles. The van der Waals surface area contributed by atoms with Crippen LogP contribution in [0.2, 0.25) is 5.02 Å². The van der Waals surface area contributed by atoms with Crippen molar-refractivity contribution in [1.82, 2.24) is 9.62 Å². The summed E-state index contributed by atoms with van der Waals surface area (Å²) in [5, 5.41) is 0.681. The lowest BCUT2D eigenvalue weighted by Gasteiger charge is -2.37. The van der Waals surface area contributed by atoms with Crippen molar-refractivity contribution in [2.24, 2.45) is 0 Å². The van der Waals surface area contributed by atoms with Crippen molar-refractivity contribution in [3.05, 3.63) is 52.5 Å². The molecular weight excluding hydrogens is 414 g/mol. The number of halogens is 1. The van der Waals surface area contributed by atoms with Crippen molar-refractivity contribution >= 4 is 33.2 Å². The molecule has 0 radical (unpaired) electrons. The summed E-state index contributed by atoms with van der Waals surface area (Å²) < 4.78 is 31.9. The number of carbonyl (C=O) groups is 1. The van der Waals surface area contributed by atoms with Gasteiger partial charge in [-0.25, -0.2) is 13.1 Å². The number of hydrogen-bond donors (Lipinski definition) is 1. The first kappa shape index (κ1) is 21.4. The zero-order chi connectivity index (χ0) is 21.2. The molecule has 2 aromatic rings. The van der Waals surface area contributed by atoms with Gasteiger partial charge in [0.1, 0.15) is 10.6 Å². The SMILES string of the molecule is CNS(=O)(=O)c1cc(C(=O)N2CCN(c3cc(Cl)ccc3C)CC2)ccc1OC. The fourth-order valence-corrected chi connectivity index (χ4v) is 4.47. The second kappa shape index (κ2) is 8.61. The summed E-state index contributed by atoms with van der Waals surface area (Å²) in [7, 11) is -1.04. The maximum Gasteiger partial charge on any atom is 0.254 e. The molecule has 9 heteroatoms. The van der Waals surface area contributed by atoms with E-state index >= 15 is 0 Å². The van der Waals surface area contributed by atoms with Crippen molar-refractivity contribution < 1.29 is 17.9 Å². The highest BCUT2D eigenvalue weighted by Gasteiger charge is 2.26. The molecule has 7 nitrogen and oxygen atoms in total. The average Bonchev–Trinajstić information content (AvgIpc) is 2.74. The third kappa shape index (κ3) is 4.49. The zero-order valence-electron chi connectivity index (χ0n) is 16.6. The van der Waals surface area contributed by atoms with Crippen LogP contribution < -0.4 is 14.4 Å². The molecule has 0 unspecified atom stereocenters. The van der Waals surface area contributed by atoms with E-state index in [9.17, 15) is 13.2 Å². The molecule has 1 aliphatic rings. The van der Waals surface area contributed by atoms with Gasteiger partial charge in [0.25, 0.3) is 5.91 Å². The molecule has 0 atom stereocenters. The fourth-order valence-electron chi connectivity index (χ4n) is 3.39. The standard InChI is InChI=1S/C20H24ClN3O4S/c1-14-4-6-16(21)13-17(14)23-8-10-24(11-9-23)20(25)15-5-7-18(28-3)19(12-15)29(26,27)22-2/h4-7,12-13,22H,8-11H2,1-3H3. The van der Waals surface area contributed by atoms with E-state index in [1.807, 2.05) is 25.1 Å². The smallest absolute Gasteiger partial charge is 0.254 e. The van der Waals surface area contributed by atoms with Crippen LogP contribution in [0.4, 0.5) is 5.69 Å². The van der Waals surface area contributed by atoms with Crippen molar-refractivity contribution in [2.45, 2.75) is 11.8 Å². The molecule has 0 aromatic heterocycles. The number of ether oxygens (including phenoxy) is 1. The average molecular weight is 438 g/mol. The highest BCUT2D eigenvalue weighted by molar-refractivity contribution is 7.89. The summed E-state index contributed by atoms with van der Waals surface area (Å²) in [6.07, 6.45) is 0. The van der Waals surface area contributed by atoms with Gasteiger partial charge in [0.2, 0.25) is 10.0 Å². The third-order valence-electron chi connectivity index (χ3n) is 5.05. The number of nitrogens with zero attached hydrogens (tertiary/aromatic N) is 2. The summed E-state index contributed by atoms with van der Waals surface area (Å²) >= 11 is 6.13. The van der Waals surface area contributed by atoms with Crippen LogP contribution in [-0.4, -0.2) is 59.6 Å². The Hall–Kier alpha value is -2.29. The van der Waals surface area contributed by atoms with Crippen LogP contribution in [0.5, 0.6) is 5.75 Å². The van der Waals surface area contributed by atoms with Gasteiger partial charge >= 0.3 is 0 Å². The molecule has 2 aromatic carbocycles. The van der Waals surface area contributed by atoms with Gasteiger partial charge in [-0.3, -0.25) is 4.79 Å². The topological polar surface area (TPSA) is 79.0 Å². The third-order valence-corrected chi connectivity index (χ3v) is 6.72. The fraction of sp³-hybridized carbons (Fsp3) is 0.350. The lowest BCUT2D eigenvalue weighted by Crippen LogP contribution is -2.49. The number of aryl methyl sites for hydroxylation is 1. The molecule has 0 aliphatic carbocycles. The van der Waals surface area contributed by atoms with Gasteiger partial charge in [-0.2, -0.15) is 0 Å². The number of methoxy groups -OCH3 is 1. The molecule has 1 amide bonds. The van der Waals surface area contributed by atoms with Crippen LogP contribution in [0, 0.1) is 6.92 Å². The van der Waals surface area contributed by atoms with E-state index < -0.39 is 10.0 Å². The first-order valence-corrected chi connectivity index (χ1v) is 11.0. The van der Waals surface area contributed by atoms with Gasteiger partial charge < -0.3 is 14.5 Å². The van der Waals surface area contributed by atoms with Crippen LogP contribution >= 0.6 is 11.6 Å². The number of hydrogen-bond acceptors (Lipinski definition) is 5. The minimum Gasteiger partial charge on any atom is -0.495 e. The lowest BCUT2D eigenvalue weighted by atomic mass is 10.1. The van der Waals surface area contributed by atoms with Crippen LogP contribution in [0.3, 0.4) is 0 Å². The number of nitrogens with one attached hydrogen (secondary N) is 1. The number of amides is 1. The Bertz CT molecular complexity index is 1020. The van der Waals surface area contributed by atoms with E-state index in [0.29, 0.717) is 36.8 Å². The van der Waals surface area contributed by atoms with E-state index in [1.165, 1.54) is 26.3 Å². The van der Waals surface area contributed by atoms with Gasteiger partial charge in [0.15, 0.2) is 0 Å². The number of sulfonamides is 1. The van der Waals surface area contributed by atoms with Crippen LogP contribution in [0.15, 0.2) is 41.3 Å². The number of carbonyl (C=O) groups excluding carboxylic acids is 1. The van der Waals surface area contributed by atoms with Gasteiger partial charge in [-0.1, -0.05) is 17.7 Å². The quantitative estimate of drug-likeness (QED) is 0.777. The number of rotatable bonds is 5. The first-order chi connectivity index (χ1) is 13.8. The summed E-state index contributed by atoms with van der Waals surface area (Å²) in [6.45, 7) is 4.44. The van der Waals surface area contributed by atoms with Crippen molar-refractivity contribution in [2.75, 3.05) is 45.2 Å². The molecule has 1 aliphatic heterocycles. The Labute approximate surface area is 176 Å². The monoisotopic (exact) mass is 437 g/mol. The van der Waals surface area contributed by atoms with Crippen molar-refractivity contribution in [1.29, 1.82) is 0 Å². The normalized spacial score (nSPS) is 14.8. The van der Waals surface area contributed by atoms with E-state index in [0.717, 1.165) is 11.3 Å². The molecule has 156 valence electrons. The molecule has 29 heavy (non-hydrogen) atoms. The predicted molar refractivity (Wildman–Crippen MR) is 114 cm³/mol. The van der Waals surface area contributed by atoms with Crippen LogP contribution in [0.25, 0.3) is 0 Å². The van der Waals surface area contributed by atoms with Gasteiger partial charge in [-0.15, -0.1) is 0 Å². The van der Waals surface area contributed by atoms with Gasteiger partial charge in [0.05, 0.1) is 7.11 Å². The van der Waals surface area contributed by atoms with E-state index in [-0.39, 0.29) is 16.6 Å². The van der Waals surface area contributed by atoms with Crippen LogP contribution in [0.1, 0.15) is 15.9 Å². The maximum absolute atomic E-state index is 13.0. The number of anilines is 1. The zero-order valence-corrected chi connectivity index (χ0v) is 18.2. The molecule has 1 heterocycles. The van der Waals surface area contributed by atoms with Gasteiger partial charge in [0, 0.05) is 42.5 Å². The largest absolute Gasteiger partial charge is 0.495 e. The van der Waals surface area contributed by atoms with Crippen molar-refractivity contribution in [3.8, 4) is 5.75 Å². The molecule has 3 rings (SSSR count). The summed E-state index contributed by atoms with van der Waals surface area (Å²) in [5.74, 6) is -0.0141. The van der Waals surface area contributed by atoms with Crippen LogP contribution in [-0.2, 0) is 10.0 Å². The van der Waals surface area contributed by atoms with E-state index in [2.05, 4.69) is 9.62 Å². The molecule has 1 N–H and O–H groups in total. The number of piperazine rings is 1. The maximum atomic E-state index is 13.0. The highest BCUT2D eigenvalue weighted by atomic mass is 35.5. The second-order valence-corrected chi connectivity index (χ2v) is 9.07. The Morgan fingerprint density at radius 1 is 1.10 bits per heavy atom. The predicted octanol–water partition coefficient (Wildman–Crippen LogP) is 2.53. The summed E-state index contributed by atoms with van der Waals surface area (Å²) in [4.78, 5) is 16.8. The Kier molecular flexibility index (Phi) is 6.36. The van der Waals surface area contributed by atoms with E-state index in [4.69, 9.17) is 16.3 Å². The molecule has 1 fully saturated rings. The second-order valence-electron chi connectivity index (χ2n) is 6.78. The summed E-state index contributed by atoms with van der Waals surface area (Å²) in [5.41, 5.74) is 2.51. The lowest BCUT2D eigenvalue weighted by molar-refractivity contribution is 0.0746. The Morgan fingerprint density at radius 3 is 2.41 bits per heavy atom. The molecular formula is C20H24ClN3O4S. The Balaban J connectivity index is 1.77.